The van der Waals surface area contributed by atoms with E-state index in [1.807, 2.05) is 0 Å². The molecule has 1 nitrogen and oxygen atoms in total. The minimum atomic E-state index is 0.414. The Morgan fingerprint density at radius 2 is 2.00 bits per heavy atom. The van der Waals surface area contributed by atoms with Crippen molar-refractivity contribution < 1.29 is 0 Å². The lowest BCUT2D eigenvalue weighted by Crippen LogP contribution is -2.23. The molecule has 0 aliphatic heterocycles. The van der Waals surface area contributed by atoms with E-state index in [2.05, 4.69) is 57.8 Å². The van der Waals surface area contributed by atoms with Gasteiger partial charge in [0.05, 0.1) is 0 Å². The Balaban J connectivity index is 2.92. The zero-order valence-corrected chi connectivity index (χ0v) is 12.3. The molecule has 1 heteroatoms. The minimum absolute atomic E-state index is 0.414. The van der Waals surface area contributed by atoms with Gasteiger partial charge in [-0.3, -0.25) is 0 Å². The Kier molecular flexibility index (Phi) is 6.14. The summed E-state index contributed by atoms with van der Waals surface area (Å²) in [5, 5.41) is 3.66. The van der Waals surface area contributed by atoms with E-state index in [0.29, 0.717) is 6.04 Å². The molecule has 0 heterocycles. The predicted molar refractivity (Wildman–Crippen MR) is 81.0 cm³/mol. The van der Waals surface area contributed by atoms with Crippen molar-refractivity contribution in [2.75, 3.05) is 6.54 Å². The van der Waals surface area contributed by atoms with Crippen molar-refractivity contribution in [3.8, 4) is 0 Å². The first-order chi connectivity index (χ1) is 8.58. The van der Waals surface area contributed by atoms with E-state index in [9.17, 15) is 0 Å². The van der Waals surface area contributed by atoms with Gasteiger partial charge in [0, 0.05) is 6.04 Å². The number of hydrogen-bond acceptors (Lipinski definition) is 1. The molecular formula is C17H27N. The van der Waals surface area contributed by atoms with Crippen LogP contribution in [0, 0.1) is 13.8 Å². The minimum Gasteiger partial charge on any atom is -0.310 e. The number of rotatable bonds is 7. The molecular weight excluding hydrogens is 218 g/mol. The van der Waals surface area contributed by atoms with Crippen LogP contribution in [0.2, 0.25) is 0 Å². The van der Waals surface area contributed by atoms with Gasteiger partial charge in [-0.1, -0.05) is 49.8 Å². The van der Waals surface area contributed by atoms with Crippen molar-refractivity contribution in [2.45, 2.75) is 53.0 Å². The molecule has 1 rings (SSSR count). The second kappa shape index (κ2) is 7.38. The summed E-state index contributed by atoms with van der Waals surface area (Å²) in [6, 6.07) is 7.13. The van der Waals surface area contributed by atoms with E-state index in [4.69, 9.17) is 0 Å². The smallest absolute Gasteiger partial charge is 0.0360 e. The molecule has 0 saturated carbocycles. The van der Waals surface area contributed by atoms with Crippen molar-refractivity contribution in [2.24, 2.45) is 0 Å². The maximum Gasteiger partial charge on any atom is 0.0360 e. The second-order valence-corrected chi connectivity index (χ2v) is 5.17. The van der Waals surface area contributed by atoms with Crippen LogP contribution in [0.5, 0.6) is 0 Å². The molecule has 0 amide bonds. The van der Waals surface area contributed by atoms with Crippen LogP contribution in [0.1, 0.15) is 55.8 Å². The molecule has 0 spiro atoms. The van der Waals surface area contributed by atoms with Gasteiger partial charge in [-0.25, -0.2) is 0 Å². The third-order valence-electron chi connectivity index (χ3n) is 3.44. The number of benzene rings is 1. The summed E-state index contributed by atoms with van der Waals surface area (Å²) in [5.41, 5.74) is 5.46. The first kappa shape index (κ1) is 15.0. The summed E-state index contributed by atoms with van der Waals surface area (Å²) in [5.74, 6) is 0. The highest BCUT2D eigenvalue weighted by atomic mass is 14.9. The highest BCUT2D eigenvalue weighted by Gasteiger charge is 2.13. The monoisotopic (exact) mass is 245 g/mol. The van der Waals surface area contributed by atoms with Crippen molar-refractivity contribution >= 4 is 0 Å². The Hall–Kier alpha value is -1.08. The SMILES string of the molecule is C=C(CC)CC(NCCC)c1cc(C)ccc1C. The molecule has 1 N–H and O–H groups in total. The second-order valence-electron chi connectivity index (χ2n) is 5.17. The fourth-order valence-corrected chi connectivity index (χ4v) is 2.18. The van der Waals surface area contributed by atoms with Gasteiger partial charge in [0.2, 0.25) is 0 Å². The van der Waals surface area contributed by atoms with Gasteiger partial charge in [0.1, 0.15) is 0 Å². The van der Waals surface area contributed by atoms with Crippen LogP contribution in [0.3, 0.4) is 0 Å². The lowest BCUT2D eigenvalue weighted by atomic mass is 9.93. The standard InChI is InChI=1S/C17H27N/c1-6-10-18-17(12-13(3)7-2)16-11-14(4)8-9-15(16)5/h8-9,11,17-18H,3,6-7,10,12H2,1-2,4-5H3. The van der Waals surface area contributed by atoms with E-state index in [0.717, 1.165) is 19.4 Å². The molecule has 0 bridgehead atoms. The zero-order chi connectivity index (χ0) is 13.5. The molecule has 0 aliphatic carbocycles. The molecule has 0 aliphatic rings. The lowest BCUT2D eigenvalue weighted by molar-refractivity contribution is 0.521. The van der Waals surface area contributed by atoms with Crippen LogP contribution >= 0.6 is 0 Å². The topological polar surface area (TPSA) is 12.0 Å². The summed E-state index contributed by atoms with van der Waals surface area (Å²) >= 11 is 0. The van der Waals surface area contributed by atoms with E-state index in [1.165, 1.54) is 28.7 Å². The van der Waals surface area contributed by atoms with Crippen LogP contribution in [-0.4, -0.2) is 6.54 Å². The number of aryl methyl sites for hydroxylation is 2. The van der Waals surface area contributed by atoms with Gasteiger partial charge in [-0.2, -0.15) is 0 Å². The summed E-state index contributed by atoms with van der Waals surface area (Å²) in [6.07, 6.45) is 3.27. The number of hydrogen-bond donors (Lipinski definition) is 1. The normalized spacial score (nSPS) is 12.4. The van der Waals surface area contributed by atoms with Crippen molar-refractivity contribution in [1.29, 1.82) is 0 Å². The van der Waals surface area contributed by atoms with Gasteiger partial charge in [-0.05, 0) is 50.8 Å². The molecule has 0 aromatic heterocycles. The average molecular weight is 245 g/mol. The third kappa shape index (κ3) is 4.30. The Labute approximate surface area is 112 Å². The predicted octanol–water partition coefficient (Wildman–Crippen LogP) is 4.70. The molecule has 1 unspecified atom stereocenters. The first-order valence-corrected chi connectivity index (χ1v) is 7.05. The molecule has 18 heavy (non-hydrogen) atoms. The summed E-state index contributed by atoms with van der Waals surface area (Å²) < 4.78 is 0. The number of nitrogens with one attached hydrogen (secondary N) is 1. The molecule has 1 atom stereocenters. The van der Waals surface area contributed by atoms with Crippen LogP contribution in [-0.2, 0) is 0 Å². The molecule has 0 radical (unpaired) electrons. The molecule has 1 aromatic carbocycles. The molecule has 0 fully saturated rings. The van der Waals surface area contributed by atoms with Gasteiger partial charge in [-0.15, -0.1) is 0 Å². The van der Waals surface area contributed by atoms with Gasteiger partial charge in [0.15, 0.2) is 0 Å². The summed E-state index contributed by atoms with van der Waals surface area (Å²) in [6.45, 7) is 14.0. The van der Waals surface area contributed by atoms with E-state index < -0.39 is 0 Å². The van der Waals surface area contributed by atoms with Gasteiger partial charge in [0.25, 0.3) is 0 Å². The fraction of sp³-hybridized carbons (Fsp3) is 0.529. The fourth-order valence-electron chi connectivity index (χ4n) is 2.18. The van der Waals surface area contributed by atoms with Gasteiger partial charge >= 0.3 is 0 Å². The van der Waals surface area contributed by atoms with Crippen molar-refractivity contribution in [3.63, 3.8) is 0 Å². The van der Waals surface area contributed by atoms with Crippen LogP contribution in [0.25, 0.3) is 0 Å². The Bertz CT molecular complexity index is 393. The van der Waals surface area contributed by atoms with E-state index in [1.54, 1.807) is 0 Å². The highest BCUT2D eigenvalue weighted by molar-refractivity contribution is 5.33. The zero-order valence-electron chi connectivity index (χ0n) is 12.3. The van der Waals surface area contributed by atoms with Crippen molar-refractivity contribution in [1.82, 2.24) is 5.32 Å². The third-order valence-corrected chi connectivity index (χ3v) is 3.44. The average Bonchev–Trinajstić information content (AvgIpc) is 2.37. The maximum absolute atomic E-state index is 4.16. The van der Waals surface area contributed by atoms with Crippen LogP contribution in [0.4, 0.5) is 0 Å². The maximum atomic E-state index is 4.16. The molecule has 0 saturated heterocycles. The highest BCUT2D eigenvalue weighted by Crippen LogP contribution is 2.25. The van der Waals surface area contributed by atoms with Gasteiger partial charge < -0.3 is 5.32 Å². The van der Waals surface area contributed by atoms with Crippen molar-refractivity contribution in [3.05, 3.63) is 47.0 Å². The largest absolute Gasteiger partial charge is 0.310 e. The first-order valence-electron chi connectivity index (χ1n) is 7.05. The molecule has 100 valence electrons. The summed E-state index contributed by atoms with van der Waals surface area (Å²) in [7, 11) is 0. The Morgan fingerprint density at radius 3 is 2.61 bits per heavy atom. The van der Waals surface area contributed by atoms with Crippen LogP contribution < -0.4 is 5.32 Å². The molecule has 1 aromatic rings. The Morgan fingerprint density at radius 1 is 1.28 bits per heavy atom. The quantitative estimate of drug-likeness (QED) is 0.687. The van der Waals surface area contributed by atoms with E-state index >= 15 is 0 Å². The lowest BCUT2D eigenvalue weighted by Gasteiger charge is -2.22. The van der Waals surface area contributed by atoms with E-state index in [-0.39, 0.29) is 0 Å². The summed E-state index contributed by atoms with van der Waals surface area (Å²) in [4.78, 5) is 0. The van der Waals surface area contributed by atoms with Crippen LogP contribution in [0.15, 0.2) is 30.4 Å².